The zero-order chi connectivity index (χ0) is 25.1. The molecule has 2 aromatic carbocycles. The molecule has 3 saturated heterocycles. The Hall–Kier alpha value is -3.55. The van der Waals surface area contributed by atoms with E-state index in [2.05, 4.69) is 0 Å². The summed E-state index contributed by atoms with van der Waals surface area (Å²) in [5, 5.41) is 0. The minimum Gasteiger partial charge on any atom is -0.484 e. The number of ether oxygens (including phenoxy) is 2. The van der Waals surface area contributed by atoms with E-state index in [0.29, 0.717) is 26.2 Å². The summed E-state index contributed by atoms with van der Waals surface area (Å²) in [4.78, 5) is 43.5. The van der Waals surface area contributed by atoms with Crippen molar-refractivity contribution in [3.8, 4) is 5.75 Å². The lowest BCUT2D eigenvalue weighted by atomic mass is 9.78. The first-order valence-electron chi connectivity index (χ1n) is 12.7. The van der Waals surface area contributed by atoms with Crippen LogP contribution in [0.25, 0.3) is 0 Å². The summed E-state index contributed by atoms with van der Waals surface area (Å²) in [6.07, 6.45) is 2.22. The number of para-hydroxylation sites is 1. The molecule has 36 heavy (non-hydrogen) atoms. The molecular formula is C28H33N3O5. The molecule has 1 atom stereocenters. The average Bonchev–Trinajstić information content (AvgIpc) is 3.48. The van der Waals surface area contributed by atoms with Crippen molar-refractivity contribution in [3.63, 3.8) is 0 Å². The van der Waals surface area contributed by atoms with E-state index in [1.807, 2.05) is 71.3 Å². The van der Waals surface area contributed by atoms with E-state index in [-0.39, 0.29) is 43.0 Å². The maximum absolute atomic E-state index is 13.2. The van der Waals surface area contributed by atoms with Gasteiger partial charge >= 0.3 is 6.09 Å². The van der Waals surface area contributed by atoms with Gasteiger partial charge in [0.05, 0.1) is 6.04 Å². The summed E-state index contributed by atoms with van der Waals surface area (Å²) in [6.45, 7) is 4.99. The lowest BCUT2D eigenvalue weighted by Crippen LogP contribution is -2.47. The summed E-state index contributed by atoms with van der Waals surface area (Å²) < 4.78 is 11.0. The highest BCUT2D eigenvalue weighted by atomic mass is 16.6. The van der Waals surface area contributed by atoms with Crippen LogP contribution in [0.2, 0.25) is 0 Å². The second-order valence-corrected chi connectivity index (χ2v) is 10.1. The molecule has 190 valence electrons. The molecule has 0 aliphatic carbocycles. The fourth-order valence-electron chi connectivity index (χ4n) is 5.56. The lowest BCUT2D eigenvalue weighted by Gasteiger charge is -2.39. The molecule has 5 rings (SSSR count). The van der Waals surface area contributed by atoms with Crippen molar-refractivity contribution in [3.05, 3.63) is 65.7 Å². The highest BCUT2D eigenvalue weighted by Crippen LogP contribution is 2.40. The zero-order valence-electron chi connectivity index (χ0n) is 20.7. The van der Waals surface area contributed by atoms with Crippen LogP contribution in [0.3, 0.4) is 0 Å². The lowest BCUT2D eigenvalue weighted by molar-refractivity contribution is -0.136. The predicted molar refractivity (Wildman–Crippen MR) is 133 cm³/mol. The molecule has 0 N–H and O–H groups in total. The minimum atomic E-state index is -0.439. The van der Waals surface area contributed by atoms with Crippen LogP contribution in [0.15, 0.2) is 54.6 Å². The number of piperidine rings is 1. The van der Waals surface area contributed by atoms with Gasteiger partial charge in [0.25, 0.3) is 5.91 Å². The number of hydrogen-bond donors (Lipinski definition) is 0. The molecule has 3 aliphatic heterocycles. The molecule has 8 heteroatoms. The van der Waals surface area contributed by atoms with Gasteiger partial charge in [-0.1, -0.05) is 48.5 Å². The van der Waals surface area contributed by atoms with Gasteiger partial charge in [-0.2, -0.15) is 0 Å². The normalized spacial score (nSPS) is 21.1. The number of hydrogen-bond acceptors (Lipinski definition) is 5. The van der Waals surface area contributed by atoms with Crippen LogP contribution in [0, 0.1) is 12.3 Å². The molecule has 3 fully saturated rings. The summed E-state index contributed by atoms with van der Waals surface area (Å²) >= 11 is 0. The summed E-state index contributed by atoms with van der Waals surface area (Å²) in [7, 11) is 0. The summed E-state index contributed by atoms with van der Waals surface area (Å²) in [5.41, 5.74) is 2.02. The van der Waals surface area contributed by atoms with Gasteiger partial charge in [0.2, 0.25) is 5.91 Å². The van der Waals surface area contributed by atoms with Crippen LogP contribution in [0.1, 0.15) is 36.4 Å². The first-order chi connectivity index (χ1) is 17.4. The van der Waals surface area contributed by atoms with E-state index in [4.69, 9.17) is 9.47 Å². The maximum Gasteiger partial charge on any atom is 0.410 e. The number of cyclic esters (lactones) is 1. The van der Waals surface area contributed by atoms with Crippen LogP contribution >= 0.6 is 0 Å². The summed E-state index contributed by atoms with van der Waals surface area (Å²) in [6, 6.07) is 17.1. The third-order valence-corrected chi connectivity index (χ3v) is 7.88. The Kier molecular flexibility index (Phi) is 6.85. The number of carbonyl (C=O) groups excluding carboxylic acids is 3. The molecule has 2 aromatic rings. The molecule has 1 spiro atoms. The first kappa shape index (κ1) is 24.2. The Morgan fingerprint density at radius 1 is 0.944 bits per heavy atom. The number of nitrogens with zero attached hydrogens (tertiary/aromatic N) is 3. The Morgan fingerprint density at radius 3 is 2.33 bits per heavy atom. The van der Waals surface area contributed by atoms with Crippen molar-refractivity contribution < 1.29 is 23.9 Å². The quantitative estimate of drug-likeness (QED) is 0.619. The number of rotatable bonds is 6. The second kappa shape index (κ2) is 10.2. The first-order valence-corrected chi connectivity index (χ1v) is 12.7. The Bertz CT molecular complexity index is 1110. The largest absolute Gasteiger partial charge is 0.484 e. The molecule has 0 saturated carbocycles. The SMILES string of the molecule is Cc1ccccc1OCC(=O)N1CCC2(CC1)CCN(C(=O)CN1C(=O)OCC1c1ccccc1)C2. The van der Waals surface area contributed by atoms with Gasteiger partial charge in [-0.25, -0.2) is 4.79 Å². The second-order valence-electron chi connectivity index (χ2n) is 10.1. The van der Waals surface area contributed by atoms with Gasteiger partial charge in [0.15, 0.2) is 6.61 Å². The third kappa shape index (κ3) is 5.03. The summed E-state index contributed by atoms with van der Waals surface area (Å²) in [5.74, 6) is 0.691. The highest BCUT2D eigenvalue weighted by molar-refractivity contribution is 5.83. The molecule has 3 amide bonds. The molecule has 3 heterocycles. The number of carbonyl (C=O) groups is 3. The molecule has 0 aromatic heterocycles. The van der Waals surface area contributed by atoms with Crippen molar-refractivity contribution in [1.82, 2.24) is 14.7 Å². The van der Waals surface area contributed by atoms with Gasteiger partial charge in [0.1, 0.15) is 18.9 Å². The fraction of sp³-hybridized carbons (Fsp3) is 0.464. The van der Waals surface area contributed by atoms with Gasteiger partial charge in [-0.05, 0) is 48.8 Å². The standard InChI is InChI=1S/C28H33N3O5/c1-21-7-5-6-10-24(21)35-19-26(33)29-14-11-28(12-15-29)13-16-30(20-28)25(32)17-31-23(18-36-27(31)34)22-8-3-2-4-9-22/h2-10,23H,11-20H2,1H3. The third-order valence-electron chi connectivity index (χ3n) is 7.88. The molecule has 0 bridgehead atoms. The molecule has 8 nitrogen and oxygen atoms in total. The van der Waals surface area contributed by atoms with Crippen molar-refractivity contribution in [2.75, 3.05) is 45.9 Å². The zero-order valence-corrected chi connectivity index (χ0v) is 20.7. The van der Waals surface area contributed by atoms with E-state index in [0.717, 1.165) is 36.1 Å². The topological polar surface area (TPSA) is 79.4 Å². The predicted octanol–water partition coefficient (Wildman–Crippen LogP) is 3.41. The van der Waals surface area contributed by atoms with Crippen LogP contribution in [0.5, 0.6) is 5.75 Å². The van der Waals surface area contributed by atoms with Gasteiger partial charge in [-0.15, -0.1) is 0 Å². The minimum absolute atomic E-state index is 0.00136. The van der Waals surface area contributed by atoms with Crippen LogP contribution in [-0.4, -0.2) is 78.5 Å². The van der Waals surface area contributed by atoms with E-state index in [1.165, 1.54) is 0 Å². The highest BCUT2D eigenvalue weighted by Gasteiger charge is 2.44. The Labute approximate surface area is 211 Å². The van der Waals surface area contributed by atoms with Crippen molar-refractivity contribution in [1.29, 1.82) is 0 Å². The fourth-order valence-corrected chi connectivity index (χ4v) is 5.56. The average molecular weight is 492 g/mol. The van der Waals surface area contributed by atoms with Crippen molar-refractivity contribution in [2.24, 2.45) is 5.41 Å². The number of benzene rings is 2. The van der Waals surface area contributed by atoms with Gasteiger partial charge in [-0.3, -0.25) is 14.5 Å². The molecule has 3 aliphatic rings. The Balaban J connectivity index is 1.12. The molecule has 0 radical (unpaired) electrons. The number of likely N-dealkylation sites (tertiary alicyclic amines) is 2. The van der Waals surface area contributed by atoms with Crippen LogP contribution in [0.4, 0.5) is 4.79 Å². The smallest absolute Gasteiger partial charge is 0.410 e. The van der Waals surface area contributed by atoms with E-state index >= 15 is 0 Å². The van der Waals surface area contributed by atoms with Gasteiger partial charge < -0.3 is 19.3 Å². The van der Waals surface area contributed by atoms with Crippen molar-refractivity contribution in [2.45, 2.75) is 32.2 Å². The van der Waals surface area contributed by atoms with Crippen LogP contribution in [-0.2, 0) is 14.3 Å². The maximum atomic E-state index is 13.2. The van der Waals surface area contributed by atoms with E-state index in [9.17, 15) is 14.4 Å². The van der Waals surface area contributed by atoms with Crippen molar-refractivity contribution >= 4 is 17.9 Å². The van der Waals surface area contributed by atoms with E-state index in [1.54, 1.807) is 4.90 Å². The monoisotopic (exact) mass is 491 g/mol. The molecule has 1 unspecified atom stereocenters. The van der Waals surface area contributed by atoms with E-state index < -0.39 is 6.09 Å². The number of amides is 3. The van der Waals surface area contributed by atoms with Crippen LogP contribution < -0.4 is 4.74 Å². The Morgan fingerprint density at radius 2 is 1.61 bits per heavy atom. The number of aryl methyl sites for hydroxylation is 1. The van der Waals surface area contributed by atoms with Gasteiger partial charge in [0, 0.05) is 26.2 Å². The molecular weight excluding hydrogens is 458 g/mol.